The molecule has 5 nitrogen and oxygen atoms in total. The number of pyridine rings is 2. The fourth-order valence-electron chi connectivity index (χ4n) is 3.55. The van der Waals surface area contributed by atoms with Gasteiger partial charge in [-0.1, -0.05) is 36.4 Å². The largest absolute Gasteiger partial charge is 0.479 e. The molecule has 1 aliphatic heterocycles. The standard InChI is InChI=1S/C23H17N3O2/c27-23(26-19-11-18(13-25-14-19)15-7-9-24-10-8-15)21-12-17-6-5-16-3-1-2-4-20(16)22(17)28-21/h1-11,13-14,21H,12H2,(H,26,27). The van der Waals surface area contributed by atoms with Crippen LogP contribution in [-0.4, -0.2) is 22.0 Å². The summed E-state index contributed by atoms with van der Waals surface area (Å²) in [5.41, 5.74) is 3.61. The first-order valence-electron chi connectivity index (χ1n) is 9.11. The number of amides is 1. The number of benzene rings is 2. The highest BCUT2D eigenvalue weighted by Gasteiger charge is 2.30. The minimum atomic E-state index is -0.551. The molecule has 0 saturated heterocycles. The Hall–Kier alpha value is -3.73. The lowest BCUT2D eigenvalue weighted by Gasteiger charge is -2.12. The number of fused-ring (bicyclic) bond motifs is 3. The van der Waals surface area contributed by atoms with Crippen LogP contribution in [0, 0.1) is 0 Å². The molecule has 0 fully saturated rings. The third-order valence-electron chi connectivity index (χ3n) is 4.94. The van der Waals surface area contributed by atoms with Crippen LogP contribution in [-0.2, 0) is 11.2 Å². The Morgan fingerprint density at radius 1 is 0.964 bits per heavy atom. The lowest BCUT2D eigenvalue weighted by molar-refractivity contribution is -0.121. The number of carbonyl (C=O) groups is 1. The van der Waals surface area contributed by atoms with E-state index in [1.165, 1.54) is 0 Å². The van der Waals surface area contributed by atoms with Crippen molar-refractivity contribution in [3.63, 3.8) is 0 Å². The van der Waals surface area contributed by atoms with Gasteiger partial charge in [0.2, 0.25) is 0 Å². The van der Waals surface area contributed by atoms with Crippen LogP contribution in [0.4, 0.5) is 5.69 Å². The summed E-state index contributed by atoms with van der Waals surface area (Å²) in [7, 11) is 0. The second kappa shape index (κ2) is 6.78. The molecule has 0 radical (unpaired) electrons. The van der Waals surface area contributed by atoms with E-state index < -0.39 is 6.10 Å². The Bertz CT molecular complexity index is 1170. The Balaban J connectivity index is 1.36. The van der Waals surface area contributed by atoms with Gasteiger partial charge < -0.3 is 10.1 Å². The molecular weight excluding hydrogens is 350 g/mol. The van der Waals surface area contributed by atoms with Crippen LogP contribution in [0.5, 0.6) is 5.75 Å². The molecule has 2 aromatic carbocycles. The van der Waals surface area contributed by atoms with Gasteiger partial charge in [0.1, 0.15) is 5.75 Å². The van der Waals surface area contributed by atoms with E-state index in [2.05, 4.69) is 21.4 Å². The first-order chi connectivity index (χ1) is 13.8. The van der Waals surface area contributed by atoms with E-state index in [9.17, 15) is 4.79 Å². The molecule has 0 saturated carbocycles. The Morgan fingerprint density at radius 3 is 2.71 bits per heavy atom. The molecule has 3 heterocycles. The highest BCUT2D eigenvalue weighted by atomic mass is 16.5. The highest BCUT2D eigenvalue weighted by Crippen LogP contribution is 2.36. The van der Waals surface area contributed by atoms with Crippen LogP contribution in [0.3, 0.4) is 0 Å². The Morgan fingerprint density at radius 2 is 1.82 bits per heavy atom. The van der Waals surface area contributed by atoms with E-state index in [0.717, 1.165) is 33.2 Å². The van der Waals surface area contributed by atoms with Crippen molar-refractivity contribution in [1.82, 2.24) is 9.97 Å². The summed E-state index contributed by atoms with van der Waals surface area (Å²) in [6.45, 7) is 0. The third-order valence-corrected chi connectivity index (χ3v) is 4.94. The van der Waals surface area contributed by atoms with Crippen LogP contribution in [0.25, 0.3) is 21.9 Å². The maximum atomic E-state index is 12.8. The molecule has 5 heteroatoms. The van der Waals surface area contributed by atoms with Crippen molar-refractivity contribution in [2.75, 3.05) is 5.32 Å². The minimum absolute atomic E-state index is 0.172. The van der Waals surface area contributed by atoms with E-state index in [4.69, 9.17) is 4.74 Å². The first-order valence-corrected chi connectivity index (χ1v) is 9.11. The van der Waals surface area contributed by atoms with Gasteiger partial charge in [0.05, 0.1) is 11.9 Å². The van der Waals surface area contributed by atoms with E-state index in [0.29, 0.717) is 12.1 Å². The molecule has 0 bridgehead atoms. The number of nitrogens with one attached hydrogen (secondary N) is 1. The first kappa shape index (κ1) is 16.4. The summed E-state index contributed by atoms with van der Waals surface area (Å²) in [6.07, 6.45) is 6.87. The minimum Gasteiger partial charge on any atom is -0.479 e. The quantitative estimate of drug-likeness (QED) is 0.588. The van der Waals surface area contributed by atoms with Gasteiger partial charge in [-0.3, -0.25) is 14.8 Å². The number of nitrogens with zero attached hydrogens (tertiary/aromatic N) is 2. The topological polar surface area (TPSA) is 64.1 Å². The highest BCUT2D eigenvalue weighted by molar-refractivity contribution is 5.97. The van der Waals surface area contributed by atoms with Crippen molar-refractivity contribution in [1.29, 1.82) is 0 Å². The van der Waals surface area contributed by atoms with Crippen molar-refractivity contribution >= 4 is 22.4 Å². The van der Waals surface area contributed by atoms with Gasteiger partial charge in [0.15, 0.2) is 6.10 Å². The predicted octanol–water partition coefficient (Wildman–Crippen LogP) is 4.24. The van der Waals surface area contributed by atoms with Gasteiger partial charge in [-0.25, -0.2) is 0 Å². The van der Waals surface area contributed by atoms with Crippen LogP contribution >= 0.6 is 0 Å². The zero-order valence-electron chi connectivity index (χ0n) is 15.0. The molecule has 1 N–H and O–H groups in total. The molecule has 0 aliphatic carbocycles. The second-order valence-corrected chi connectivity index (χ2v) is 6.77. The van der Waals surface area contributed by atoms with E-state index in [1.54, 1.807) is 24.8 Å². The van der Waals surface area contributed by atoms with Gasteiger partial charge in [0.25, 0.3) is 5.91 Å². The van der Waals surface area contributed by atoms with Crippen molar-refractivity contribution in [2.24, 2.45) is 0 Å². The third kappa shape index (κ3) is 2.97. The maximum absolute atomic E-state index is 12.8. The van der Waals surface area contributed by atoms with Crippen molar-refractivity contribution in [2.45, 2.75) is 12.5 Å². The van der Waals surface area contributed by atoms with Crippen LogP contribution < -0.4 is 10.1 Å². The van der Waals surface area contributed by atoms with Gasteiger partial charge in [-0.15, -0.1) is 0 Å². The number of hydrogen-bond acceptors (Lipinski definition) is 4. The summed E-state index contributed by atoms with van der Waals surface area (Å²) in [6, 6.07) is 17.9. The number of aromatic nitrogens is 2. The van der Waals surface area contributed by atoms with Gasteiger partial charge in [-0.2, -0.15) is 0 Å². The van der Waals surface area contributed by atoms with Crippen molar-refractivity contribution in [3.8, 4) is 16.9 Å². The number of carbonyl (C=O) groups excluding carboxylic acids is 1. The van der Waals surface area contributed by atoms with Gasteiger partial charge in [0, 0.05) is 36.0 Å². The van der Waals surface area contributed by atoms with E-state index >= 15 is 0 Å². The maximum Gasteiger partial charge on any atom is 0.265 e. The van der Waals surface area contributed by atoms with Crippen molar-refractivity contribution < 1.29 is 9.53 Å². The van der Waals surface area contributed by atoms with E-state index in [1.807, 2.05) is 48.5 Å². The molecule has 1 amide bonds. The zero-order valence-corrected chi connectivity index (χ0v) is 15.0. The molecule has 5 rings (SSSR count). The fourth-order valence-corrected chi connectivity index (χ4v) is 3.55. The molecule has 28 heavy (non-hydrogen) atoms. The predicted molar refractivity (Wildman–Crippen MR) is 108 cm³/mol. The lowest BCUT2D eigenvalue weighted by atomic mass is 10.0. The monoisotopic (exact) mass is 367 g/mol. The summed E-state index contributed by atoms with van der Waals surface area (Å²) < 4.78 is 6.03. The Kier molecular flexibility index (Phi) is 3.98. The molecule has 1 aliphatic rings. The van der Waals surface area contributed by atoms with Crippen molar-refractivity contribution in [3.05, 3.63) is 84.9 Å². The number of hydrogen-bond donors (Lipinski definition) is 1. The molecule has 2 aromatic heterocycles. The summed E-state index contributed by atoms with van der Waals surface area (Å²) in [5.74, 6) is 0.635. The smallest absolute Gasteiger partial charge is 0.265 e. The Labute approximate surface area is 162 Å². The molecule has 1 unspecified atom stereocenters. The molecule has 4 aromatic rings. The van der Waals surface area contributed by atoms with Crippen LogP contribution in [0.1, 0.15) is 5.56 Å². The fraction of sp³-hybridized carbons (Fsp3) is 0.0870. The van der Waals surface area contributed by atoms with Gasteiger partial charge in [-0.05, 0) is 34.7 Å². The summed E-state index contributed by atoms with van der Waals surface area (Å²) in [5, 5.41) is 5.08. The molecule has 136 valence electrons. The summed E-state index contributed by atoms with van der Waals surface area (Å²) in [4.78, 5) is 21.1. The molecular formula is C23H17N3O2. The molecule has 0 spiro atoms. The molecule has 1 atom stereocenters. The lowest BCUT2D eigenvalue weighted by Crippen LogP contribution is -2.31. The van der Waals surface area contributed by atoms with Gasteiger partial charge >= 0.3 is 0 Å². The number of anilines is 1. The number of ether oxygens (including phenoxy) is 1. The summed E-state index contributed by atoms with van der Waals surface area (Å²) >= 11 is 0. The van der Waals surface area contributed by atoms with Crippen LogP contribution in [0.2, 0.25) is 0 Å². The normalized spacial score (nSPS) is 15.1. The average molecular weight is 367 g/mol. The zero-order chi connectivity index (χ0) is 18.9. The average Bonchev–Trinajstić information content (AvgIpc) is 3.20. The SMILES string of the molecule is O=C(Nc1cncc(-c2ccncc2)c1)C1Cc2ccc3ccccc3c2O1. The second-order valence-electron chi connectivity index (χ2n) is 6.77. The van der Waals surface area contributed by atoms with Crippen LogP contribution in [0.15, 0.2) is 79.4 Å². The number of rotatable bonds is 3. The van der Waals surface area contributed by atoms with E-state index in [-0.39, 0.29) is 5.91 Å².